The van der Waals surface area contributed by atoms with Gasteiger partial charge in [0.2, 0.25) is 5.88 Å². The Balaban J connectivity index is 1.28. The molecule has 1 saturated carbocycles. The summed E-state index contributed by atoms with van der Waals surface area (Å²) in [7, 11) is 0. The van der Waals surface area contributed by atoms with Gasteiger partial charge in [0.25, 0.3) is 12.3 Å². The molecule has 3 aromatic heterocycles. The molecule has 214 valence electrons. The van der Waals surface area contributed by atoms with Gasteiger partial charge in [-0.15, -0.1) is 0 Å². The smallest absolute Gasteiger partial charge is 0.341 e. The highest BCUT2D eigenvalue weighted by Crippen LogP contribution is 2.29. The standard InChI is InChI=1S/C28H26ClF2N5O5/c29-17-11-20(25(26(30)31)33-12-17)27(39)34-18-7-5-16(6-8-18)14-35-21-3-1-2-4-22(21)36(28(35)40)19-9-10-23(32-13-19)41-15-24(37)38/h1-4,9-13,16,18,26H,5-8,14-15H2,(H,34,39)(H,37,38). The number of carbonyl (C=O) groups excluding carboxylic acids is 1. The Morgan fingerprint density at radius 1 is 1.07 bits per heavy atom. The molecule has 0 spiro atoms. The van der Waals surface area contributed by atoms with Gasteiger partial charge >= 0.3 is 11.7 Å². The minimum absolute atomic E-state index is 0.103. The minimum Gasteiger partial charge on any atom is -0.479 e. The normalized spacial score (nSPS) is 17.1. The topological polar surface area (TPSA) is 128 Å². The number of carboxylic acid groups (broad SMARTS) is 1. The van der Waals surface area contributed by atoms with Crippen LogP contribution >= 0.6 is 11.6 Å². The van der Waals surface area contributed by atoms with Crippen LogP contribution in [-0.4, -0.2) is 48.7 Å². The number of para-hydroxylation sites is 2. The number of pyridine rings is 2. The number of nitrogens with zero attached hydrogens (tertiary/aromatic N) is 4. The number of halogens is 3. The summed E-state index contributed by atoms with van der Waals surface area (Å²) < 4.78 is 35.0. The van der Waals surface area contributed by atoms with Gasteiger partial charge in [-0.05, 0) is 55.9 Å². The summed E-state index contributed by atoms with van der Waals surface area (Å²) in [6.07, 6.45) is 2.35. The van der Waals surface area contributed by atoms with Gasteiger partial charge in [-0.1, -0.05) is 23.7 Å². The molecule has 1 fully saturated rings. The van der Waals surface area contributed by atoms with Gasteiger partial charge in [0.15, 0.2) is 6.61 Å². The number of hydrogen-bond donors (Lipinski definition) is 2. The first-order valence-corrected chi connectivity index (χ1v) is 13.3. The van der Waals surface area contributed by atoms with Crippen molar-refractivity contribution in [2.24, 2.45) is 5.92 Å². The van der Waals surface area contributed by atoms with Gasteiger partial charge in [-0.2, -0.15) is 0 Å². The highest BCUT2D eigenvalue weighted by atomic mass is 35.5. The first kappa shape index (κ1) is 28.2. The summed E-state index contributed by atoms with van der Waals surface area (Å²) in [5, 5.41) is 11.7. The lowest BCUT2D eigenvalue weighted by Crippen LogP contribution is -2.39. The van der Waals surface area contributed by atoms with Crippen molar-refractivity contribution in [3.8, 4) is 11.6 Å². The van der Waals surface area contributed by atoms with E-state index in [9.17, 15) is 23.2 Å². The zero-order valence-electron chi connectivity index (χ0n) is 21.7. The number of carbonyl (C=O) groups is 2. The molecule has 4 aromatic rings. The zero-order chi connectivity index (χ0) is 29.1. The molecule has 0 saturated heterocycles. The Bertz CT molecular complexity index is 1630. The molecule has 3 heterocycles. The van der Waals surface area contributed by atoms with Crippen LogP contribution in [0.1, 0.15) is 48.2 Å². The van der Waals surface area contributed by atoms with Crippen LogP contribution < -0.4 is 15.7 Å². The number of aliphatic carboxylic acids is 1. The summed E-state index contributed by atoms with van der Waals surface area (Å²) in [5.74, 6) is -1.46. The lowest BCUT2D eigenvalue weighted by atomic mass is 9.85. The molecule has 5 rings (SSSR count). The monoisotopic (exact) mass is 585 g/mol. The molecule has 0 bridgehead atoms. The van der Waals surface area contributed by atoms with Gasteiger partial charge in [0.1, 0.15) is 5.69 Å². The number of hydrogen-bond acceptors (Lipinski definition) is 6. The number of carboxylic acids is 1. The van der Waals surface area contributed by atoms with Crippen LogP contribution in [0.4, 0.5) is 8.78 Å². The Labute approximate surface area is 237 Å². The summed E-state index contributed by atoms with van der Waals surface area (Å²) >= 11 is 5.88. The molecule has 1 aromatic carbocycles. The predicted molar refractivity (Wildman–Crippen MR) is 146 cm³/mol. The van der Waals surface area contributed by atoms with Crippen molar-refractivity contribution in [2.45, 2.75) is 44.7 Å². The summed E-state index contributed by atoms with van der Waals surface area (Å²) in [4.78, 5) is 44.8. The van der Waals surface area contributed by atoms with Gasteiger partial charge in [0, 0.05) is 24.8 Å². The quantitative estimate of drug-likeness (QED) is 0.293. The highest BCUT2D eigenvalue weighted by molar-refractivity contribution is 6.30. The number of ether oxygens (including phenoxy) is 1. The Morgan fingerprint density at radius 2 is 1.80 bits per heavy atom. The second-order valence-electron chi connectivity index (χ2n) is 9.83. The van der Waals surface area contributed by atoms with Crippen molar-refractivity contribution in [2.75, 3.05) is 6.61 Å². The van der Waals surface area contributed by atoms with Crippen LogP contribution in [0.3, 0.4) is 0 Å². The van der Waals surface area contributed by atoms with Crippen LogP contribution in [-0.2, 0) is 11.3 Å². The Hall–Kier alpha value is -4.32. The lowest BCUT2D eigenvalue weighted by molar-refractivity contribution is -0.139. The molecule has 0 aliphatic heterocycles. The van der Waals surface area contributed by atoms with E-state index >= 15 is 0 Å². The number of benzene rings is 1. The van der Waals surface area contributed by atoms with E-state index in [4.69, 9.17) is 21.4 Å². The fourth-order valence-electron chi connectivity index (χ4n) is 5.18. The Kier molecular flexibility index (Phi) is 8.29. The number of fused-ring (bicyclic) bond motifs is 1. The minimum atomic E-state index is -2.90. The van der Waals surface area contributed by atoms with Crippen LogP contribution in [0.15, 0.2) is 59.7 Å². The molecule has 13 heteroatoms. The number of amides is 1. The van der Waals surface area contributed by atoms with E-state index in [0.29, 0.717) is 30.6 Å². The van der Waals surface area contributed by atoms with E-state index in [-0.39, 0.29) is 34.1 Å². The van der Waals surface area contributed by atoms with Gasteiger partial charge < -0.3 is 15.2 Å². The maximum atomic E-state index is 13.6. The molecule has 0 atom stereocenters. The zero-order valence-corrected chi connectivity index (χ0v) is 22.4. The van der Waals surface area contributed by atoms with Gasteiger partial charge in [-0.3, -0.25) is 18.9 Å². The average molecular weight is 586 g/mol. The Morgan fingerprint density at radius 3 is 2.46 bits per heavy atom. The third kappa shape index (κ3) is 6.22. The van der Waals surface area contributed by atoms with Crippen molar-refractivity contribution in [1.82, 2.24) is 24.4 Å². The van der Waals surface area contributed by atoms with Crippen molar-refractivity contribution in [3.05, 3.63) is 81.6 Å². The first-order chi connectivity index (χ1) is 19.7. The van der Waals surface area contributed by atoms with Crippen LogP contribution in [0.2, 0.25) is 5.02 Å². The third-order valence-corrected chi connectivity index (χ3v) is 7.32. The average Bonchev–Trinajstić information content (AvgIpc) is 3.23. The molecule has 10 nitrogen and oxygen atoms in total. The molecule has 1 amide bonds. The van der Waals surface area contributed by atoms with Gasteiger partial charge in [-0.25, -0.2) is 23.4 Å². The number of rotatable bonds is 9. The van der Waals surface area contributed by atoms with Crippen molar-refractivity contribution in [1.29, 1.82) is 0 Å². The van der Waals surface area contributed by atoms with Crippen LogP contribution in [0.5, 0.6) is 5.88 Å². The van der Waals surface area contributed by atoms with Crippen molar-refractivity contribution in [3.63, 3.8) is 0 Å². The molecular weight excluding hydrogens is 560 g/mol. The maximum Gasteiger partial charge on any atom is 0.341 e. The molecular formula is C28H26ClF2N5O5. The molecule has 1 aliphatic rings. The maximum absolute atomic E-state index is 13.6. The fraction of sp³-hybridized carbons (Fsp3) is 0.321. The van der Waals surface area contributed by atoms with Crippen LogP contribution in [0, 0.1) is 5.92 Å². The SMILES string of the molecule is O=C(O)COc1ccc(-n2c(=O)n(CC3CCC(NC(=O)c4cc(Cl)cnc4C(F)F)CC3)c3ccccc32)cn1. The highest BCUT2D eigenvalue weighted by Gasteiger charge is 2.27. The van der Waals surface area contributed by atoms with Crippen LogP contribution in [0.25, 0.3) is 16.7 Å². The van der Waals surface area contributed by atoms with E-state index in [1.165, 1.54) is 18.3 Å². The molecule has 41 heavy (non-hydrogen) atoms. The number of imidazole rings is 1. The summed E-state index contributed by atoms with van der Waals surface area (Å²) in [6, 6.07) is 11.6. The molecule has 0 radical (unpaired) electrons. The van der Waals surface area contributed by atoms with Crippen molar-refractivity contribution >= 4 is 34.5 Å². The largest absolute Gasteiger partial charge is 0.479 e. The van der Waals surface area contributed by atoms with Crippen molar-refractivity contribution < 1.29 is 28.2 Å². The second-order valence-corrected chi connectivity index (χ2v) is 10.3. The molecule has 0 unspecified atom stereocenters. The van der Waals surface area contributed by atoms with E-state index in [1.54, 1.807) is 15.2 Å². The number of nitrogens with one attached hydrogen (secondary N) is 1. The first-order valence-electron chi connectivity index (χ1n) is 13.0. The van der Waals surface area contributed by atoms with E-state index in [1.807, 2.05) is 24.3 Å². The van der Waals surface area contributed by atoms with Gasteiger partial charge in [0.05, 0.1) is 33.5 Å². The summed E-state index contributed by atoms with van der Waals surface area (Å²) in [5.41, 5.74) is 0.892. The molecule has 2 N–H and O–H groups in total. The van der Waals surface area contributed by atoms with E-state index < -0.39 is 30.6 Å². The fourth-order valence-corrected chi connectivity index (χ4v) is 5.33. The van der Waals surface area contributed by atoms with E-state index in [0.717, 1.165) is 24.6 Å². The lowest BCUT2D eigenvalue weighted by Gasteiger charge is -2.29. The third-order valence-electron chi connectivity index (χ3n) is 7.12. The number of alkyl halides is 2. The summed E-state index contributed by atoms with van der Waals surface area (Å²) in [6.45, 7) is -0.0555. The predicted octanol–water partition coefficient (Wildman–Crippen LogP) is 4.63. The number of aromatic nitrogens is 4. The second kappa shape index (κ2) is 12.0. The molecule has 1 aliphatic carbocycles. The van der Waals surface area contributed by atoms with E-state index in [2.05, 4.69) is 15.3 Å².